The predicted molar refractivity (Wildman–Crippen MR) is 85.6 cm³/mol. The van der Waals surface area contributed by atoms with Crippen LogP contribution in [0.2, 0.25) is 0 Å². The van der Waals surface area contributed by atoms with E-state index < -0.39 is 5.60 Å². The number of rotatable bonds is 6. The molecule has 0 spiro atoms. The van der Waals surface area contributed by atoms with Crippen molar-refractivity contribution >= 4 is 17.8 Å². The Bertz CT molecular complexity index is 427. The summed E-state index contributed by atoms with van der Waals surface area (Å²) in [7, 11) is 0. The summed E-state index contributed by atoms with van der Waals surface area (Å²) in [6.45, 7) is 8.70. The van der Waals surface area contributed by atoms with Gasteiger partial charge in [0, 0.05) is 25.9 Å². The van der Waals surface area contributed by atoms with Gasteiger partial charge in [-0.2, -0.15) is 0 Å². The van der Waals surface area contributed by atoms with E-state index in [1.165, 1.54) is 0 Å². The molecule has 1 aliphatic rings. The summed E-state index contributed by atoms with van der Waals surface area (Å²) in [6, 6.07) is 0. The van der Waals surface area contributed by atoms with Crippen molar-refractivity contribution in [3.8, 4) is 0 Å². The largest absolute Gasteiger partial charge is 0.466 e. The molecule has 1 unspecified atom stereocenters. The lowest BCUT2D eigenvalue weighted by Gasteiger charge is -2.22. The number of carbonyl (C=O) groups is 3. The first-order valence-electron chi connectivity index (χ1n) is 8.39. The second kappa shape index (κ2) is 8.89. The van der Waals surface area contributed by atoms with Crippen molar-refractivity contribution in [1.82, 2.24) is 4.90 Å². The van der Waals surface area contributed by atoms with E-state index in [4.69, 9.17) is 9.47 Å². The van der Waals surface area contributed by atoms with Crippen LogP contribution < -0.4 is 0 Å². The van der Waals surface area contributed by atoms with Gasteiger partial charge in [-0.25, -0.2) is 0 Å². The zero-order valence-corrected chi connectivity index (χ0v) is 14.7. The number of ether oxygens (including phenoxy) is 2. The first-order valence-corrected chi connectivity index (χ1v) is 8.39. The van der Waals surface area contributed by atoms with Crippen molar-refractivity contribution in [3.05, 3.63) is 0 Å². The second-order valence-electron chi connectivity index (χ2n) is 6.85. The van der Waals surface area contributed by atoms with Crippen molar-refractivity contribution < 1.29 is 23.9 Å². The Morgan fingerprint density at radius 3 is 2.57 bits per heavy atom. The molecule has 0 saturated carbocycles. The fourth-order valence-corrected chi connectivity index (χ4v) is 2.58. The maximum Gasteiger partial charge on any atom is 0.308 e. The van der Waals surface area contributed by atoms with Gasteiger partial charge in [0.05, 0.1) is 12.5 Å². The minimum atomic E-state index is -0.484. The third-order valence-corrected chi connectivity index (χ3v) is 3.66. The fraction of sp³-hybridized carbons (Fsp3) is 0.824. The second-order valence-corrected chi connectivity index (χ2v) is 6.85. The number of nitrogens with zero attached hydrogens (tertiary/aromatic N) is 1. The Hall–Kier alpha value is -1.59. The lowest BCUT2D eigenvalue weighted by molar-refractivity contribution is -0.155. The number of amides is 1. The molecule has 6 nitrogen and oxygen atoms in total. The minimum Gasteiger partial charge on any atom is -0.466 e. The highest BCUT2D eigenvalue weighted by Crippen LogP contribution is 2.20. The Morgan fingerprint density at radius 2 is 1.96 bits per heavy atom. The Labute approximate surface area is 138 Å². The lowest BCUT2D eigenvalue weighted by atomic mass is 10.0. The summed E-state index contributed by atoms with van der Waals surface area (Å²) in [5, 5.41) is 0. The molecule has 0 aliphatic carbocycles. The number of likely N-dealkylation sites (tertiary alicyclic amines) is 1. The summed E-state index contributed by atoms with van der Waals surface area (Å²) in [6.07, 6.45) is 2.39. The van der Waals surface area contributed by atoms with Crippen LogP contribution in [0.3, 0.4) is 0 Å². The van der Waals surface area contributed by atoms with Gasteiger partial charge in [-0.05, 0) is 47.0 Å². The molecular weight excluding hydrogens is 298 g/mol. The van der Waals surface area contributed by atoms with Gasteiger partial charge in [0.15, 0.2) is 0 Å². The molecule has 1 amide bonds. The quantitative estimate of drug-likeness (QED) is 0.700. The van der Waals surface area contributed by atoms with E-state index in [1.54, 1.807) is 11.8 Å². The fourth-order valence-electron chi connectivity index (χ4n) is 2.58. The average molecular weight is 327 g/mol. The summed E-state index contributed by atoms with van der Waals surface area (Å²) in [5.41, 5.74) is -0.484. The molecule has 1 heterocycles. The van der Waals surface area contributed by atoms with Crippen LogP contribution in [0.15, 0.2) is 0 Å². The highest BCUT2D eigenvalue weighted by Gasteiger charge is 2.27. The zero-order valence-electron chi connectivity index (χ0n) is 14.7. The number of carbonyl (C=O) groups excluding carboxylic acids is 3. The van der Waals surface area contributed by atoms with E-state index in [-0.39, 0.29) is 23.8 Å². The lowest BCUT2D eigenvalue weighted by Crippen LogP contribution is -2.32. The van der Waals surface area contributed by atoms with E-state index >= 15 is 0 Å². The van der Waals surface area contributed by atoms with Crippen LogP contribution in [0.1, 0.15) is 59.8 Å². The zero-order chi connectivity index (χ0) is 17.5. The molecule has 0 aromatic heterocycles. The van der Waals surface area contributed by atoms with Crippen LogP contribution in [-0.4, -0.2) is 48.0 Å². The maximum atomic E-state index is 12.1. The van der Waals surface area contributed by atoms with Crippen LogP contribution in [0.25, 0.3) is 0 Å². The Balaban J connectivity index is 2.38. The number of esters is 2. The molecule has 1 atom stereocenters. The number of hydrogen-bond acceptors (Lipinski definition) is 5. The monoisotopic (exact) mass is 327 g/mol. The molecule has 0 radical (unpaired) electrons. The van der Waals surface area contributed by atoms with Gasteiger partial charge in [-0.1, -0.05) is 0 Å². The SMILES string of the molecule is CCOC(=O)C1CCC(=O)N(CCCC(=O)OC(C)(C)C)CC1. The van der Waals surface area contributed by atoms with E-state index in [0.717, 1.165) is 0 Å². The van der Waals surface area contributed by atoms with Crippen molar-refractivity contribution in [2.45, 2.75) is 65.4 Å². The van der Waals surface area contributed by atoms with E-state index in [1.807, 2.05) is 20.8 Å². The van der Waals surface area contributed by atoms with Gasteiger partial charge in [-0.15, -0.1) is 0 Å². The molecule has 0 aromatic carbocycles. The standard InChI is InChI=1S/C17H29NO5/c1-5-22-16(21)13-8-9-14(19)18(12-10-13)11-6-7-15(20)23-17(2,3)4/h13H,5-12H2,1-4H3. The normalized spacial score (nSPS) is 19.2. The third-order valence-electron chi connectivity index (χ3n) is 3.66. The summed E-state index contributed by atoms with van der Waals surface area (Å²) >= 11 is 0. The molecular formula is C17H29NO5. The summed E-state index contributed by atoms with van der Waals surface area (Å²) < 4.78 is 10.3. The van der Waals surface area contributed by atoms with Crippen LogP contribution >= 0.6 is 0 Å². The van der Waals surface area contributed by atoms with Gasteiger partial charge in [0.1, 0.15) is 5.60 Å². The third kappa shape index (κ3) is 7.48. The van der Waals surface area contributed by atoms with Crippen LogP contribution in [-0.2, 0) is 23.9 Å². The van der Waals surface area contributed by atoms with Crippen molar-refractivity contribution in [1.29, 1.82) is 0 Å². The first-order chi connectivity index (χ1) is 10.7. The molecule has 1 saturated heterocycles. The van der Waals surface area contributed by atoms with Gasteiger partial charge in [-0.3, -0.25) is 14.4 Å². The van der Waals surface area contributed by atoms with Crippen molar-refractivity contribution in [3.63, 3.8) is 0 Å². The highest BCUT2D eigenvalue weighted by atomic mass is 16.6. The van der Waals surface area contributed by atoms with Crippen LogP contribution in [0.4, 0.5) is 0 Å². The molecule has 1 rings (SSSR count). The molecule has 23 heavy (non-hydrogen) atoms. The Kier molecular flexibility index (Phi) is 7.52. The van der Waals surface area contributed by atoms with Crippen molar-refractivity contribution in [2.24, 2.45) is 5.92 Å². The smallest absolute Gasteiger partial charge is 0.308 e. The van der Waals surface area contributed by atoms with Gasteiger partial charge in [0.2, 0.25) is 5.91 Å². The van der Waals surface area contributed by atoms with E-state index in [0.29, 0.717) is 51.8 Å². The number of hydrogen-bond donors (Lipinski definition) is 0. The van der Waals surface area contributed by atoms with Crippen molar-refractivity contribution in [2.75, 3.05) is 19.7 Å². The molecule has 0 bridgehead atoms. The van der Waals surface area contributed by atoms with Gasteiger partial charge in [0.25, 0.3) is 0 Å². The van der Waals surface area contributed by atoms with Crippen LogP contribution in [0, 0.1) is 5.92 Å². The summed E-state index contributed by atoms with van der Waals surface area (Å²) in [4.78, 5) is 37.3. The Morgan fingerprint density at radius 1 is 1.26 bits per heavy atom. The molecule has 0 N–H and O–H groups in total. The molecule has 132 valence electrons. The topological polar surface area (TPSA) is 72.9 Å². The molecule has 6 heteroatoms. The maximum absolute atomic E-state index is 12.1. The molecule has 0 aromatic rings. The van der Waals surface area contributed by atoms with E-state index in [9.17, 15) is 14.4 Å². The molecule has 1 aliphatic heterocycles. The van der Waals surface area contributed by atoms with E-state index in [2.05, 4.69) is 0 Å². The predicted octanol–water partition coefficient (Wildman–Crippen LogP) is 2.30. The minimum absolute atomic E-state index is 0.0426. The highest BCUT2D eigenvalue weighted by molar-refractivity contribution is 5.79. The first kappa shape index (κ1) is 19.5. The average Bonchev–Trinajstić information content (AvgIpc) is 2.60. The molecule has 1 fully saturated rings. The van der Waals surface area contributed by atoms with Gasteiger partial charge >= 0.3 is 11.9 Å². The van der Waals surface area contributed by atoms with Gasteiger partial charge < -0.3 is 14.4 Å². The van der Waals surface area contributed by atoms with Crippen LogP contribution in [0.5, 0.6) is 0 Å². The summed E-state index contributed by atoms with van der Waals surface area (Å²) in [5.74, 6) is -0.615.